The van der Waals surface area contributed by atoms with Crippen LogP contribution in [0.1, 0.15) is 23.7 Å². The molecule has 4 heteroatoms. The minimum absolute atomic E-state index is 0.204. The lowest BCUT2D eigenvalue weighted by molar-refractivity contribution is 0.0904. The van der Waals surface area contributed by atoms with E-state index in [1.165, 1.54) is 11.1 Å². The van der Waals surface area contributed by atoms with Crippen LogP contribution in [0.3, 0.4) is 0 Å². The fourth-order valence-electron chi connectivity index (χ4n) is 3.54. The van der Waals surface area contributed by atoms with Gasteiger partial charge in [0.25, 0.3) is 0 Å². The van der Waals surface area contributed by atoms with Crippen molar-refractivity contribution in [3.63, 3.8) is 0 Å². The van der Waals surface area contributed by atoms with E-state index < -0.39 is 0 Å². The van der Waals surface area contributed by atoms with Crippen molar-refractivity contribution in [2.45, 2.75) is 19.1 Å². The summed E-state index contributed by atoms with van der Waals surface area (Å²) in [6, 6.07) is 20.9. The Morgan fingerprint density at radius 2 is 1.88 bits per heavy atom. The van der Waals surface area contributed by atoms with Gasteiger partial charge < -0.3 is 10.1 Å². The first-order valence-electron chi connectivity index (χ1n) is 8.87. The molecule has 0 spiro atoms. The summed E-state index contributed by atoms with van der Waals surface area (Å²) in [7, 11) is 0. The van der Waals surface area contributed by atoms with E-state index in [1.807, 2.05) is 23.1 Å². The Morgan fingerprint density at radius 1 is 1.04 bits per heavy atom. The second kappa shape index (κ2) is 7.64. The molecule has 25 heavy (non-hydrogen) atoms. The minimum atomic E-state index is 0.204. The number of rotatable bonds is 6. The molecule has 2 aromatic carbocycles. The van der Waals surface area contributed by atoms with Crippen LogP contribution in [0, 0.1) is 5.92 Å². The summed E-state index contributed by atoms with van der Waals surface area (Å²) >= 11 is 0. The highest BCUT2D eigenvalue weighted by molar-refractivity contribution is 5.40. The number of hydrogen-bond acceptors (Lipinski definition) is 3. The fourth-order valence-corrected chi connectivity index (χ4v) is 3.54. The fraction of sp³-hybridized carbons (Fsp3) is 0.286. The van der Waals surface area contributed by atoms with Gasteiger partial charge in [-0.1, -0.05) is 48.5 Å². The summed E-state index contributed by atoms with van der Waals surface area (Å²) in [5, 5.41) is 7.98. The number of benzene rings is 2. The first-order chi connectivity index (χ1) is 12.4. The van der Waals surface area contributed by atoms with Gasteiger partial charge in [0.15, 0.2) is 0 Å². The van der Waals surface area contributed by atoms with Crippen molar-refractivity contribution in [3.8, 4) is 5.69 Å². The third-order valence-electron chi connectivity index (χ3n) is 4.81. The Balaban J connectivity index is 1.40. The molecule has 0 amide bonds. The van der Waals surface area contributed by atoms with Crippen molar-refractivity contribution < 1.29 is 4.74 Å². The smallest absolute Gasteiger partial charge is 0.0866 e. The molecule has 2 unspecified atom stereocenters. The lowest BCUT2D eigenvalue weighted by Gasteiger charge is -2.20. The van der Waals surface area contributed by atoms with Crippen molar-refractivity contribution >= 4 is 0 Å². The Morgan fingerprint density at radius 3 is 2.72 bits per heavy atom. The summed E-state index contributed by atoms with van der Waals surface area (Å²) in [6.45, 7) is 2.62. The van der Waals surface area contributed by atoms with Crippen LogP contribution in [-0.2, 0) is 11.3 Å². The molecule has 1 aromatic heterocycles. The molecular weight excluding hydrogens is 310 g/mol. The van der Waals surface area contributed by atoms with Crippen molar-refractivity contribution in [3.05, 3.63) is 84.2 Å². The van der Waals surface area contributed by atoms with E-state index in [-0.39, 0.29) is 6.10 Å². The molecule has 0 bridgehead atoms. The second-order valence-corrected chi connectivity index (χ2v) is 6.46. The van der Waals surface area contributed by atoms with E-state index in [0.29, 0.717) is 5.92 Å². The molecule has 2 atom stereocenters. The summed E-state index contributed by atoms with van der Waals surface area (Å²) in [5.74, 6) is 0.513. The Labute approximate surface area is 148 Å². The molecule has 3 aromatic rings. The molecule has 4 nitrogen and oxygen atoms in total. The summed E-state index contributed by atoms with van der Waals surface area (Å²) in [4.78, 5) is 0. The van der Waals surface area contributed by atoms with Crippen LogP contribution in [0.4, 0.5) is 0 Å². The van der Waals surface area contributed by atoms with Crippen LogP contribution >= 0.6 is 0 Å². The quantitative estimate of drug-likeness (QED) is 0.747. The zero-order valence-corrected chi connectivity index (χ0v) is 14.2. The van der Waals surface area contributed by atoms with Crippen molar-refractivity contribution in [1.82, 2.24) is 15.1 Å². The highest BCUT2D eigenvalue weighted by Gasteiger charge is 2.29. The molecule has 1 aliphatic rings. The third kappa shape index (κ3) is 3.65. The number of para-hydroxylation sites is 1. The van der Waals surface area contributed by atoms with Gasteiger partial charge in [-0.3, -0.25) is 0 Å². The lowest BCUT2D eigenvalue weighted by Crippen LogP contribution is -2.25. The van der Waals surface area contributed by atoms with Crippen LogP contribution in [0.15, 0.2) is 73.1 Å². The number of nitrogens with zero attached hydrogens (tertiary/aromatic N) is 2. The molecule has 2 heterocycles. The summed E-state index contributed by atoms with van der Waals surface area (Å²) < 4.78 is 7.90. The predicted octanol–water partition coefficient (Wildman–Crippen LogP) is 3.74. The largest absolute Gasteiger partial charge is 0.373 e. The van der Waals surface area contributed by atoms with Crippen LogP contribution < -0.4 is 5.32 Å². The molecule has 4 rings (SSSR count). The number of ether oxygens (including phenoxy) is 1. The average molecular weight is 333 g/mol. The predicted molar refractivity (Wildman–Crippen MR) is 98.5 cm³/mol. The number of hydrogen-bond donors (Lipinski definition) is 1. The van der Waals surface area contributed by atoms with Gasteiger partial charge in [0.2, 0.25) is 0 Å². The molecule has 0 aliphatic carbocycles. The molecule has 1 fully saturated rings. The van der Waals surface area contributed by atoms with Gasteiger partial charge in [-0.05, 0) is 29.7 Å². The summed E-state index contributed by atoms with van der Waals surface area (Å²) in [6.07, 6.45) is 5.10. The maximum absolute atomic E-state index is 5.98. The molecule has 1 N–H and O–H groups in total. The van der Waals surface area contributed by atoms with Crippen LogP contribution in [0.25, 0.3) is 5.69 Å². The van der Waals surface area contributed by atoms with Crippen molar-refractivity contribution in [2.75, 3.05) is 13.2 Å². The summed E-state index contributed by atoms with van der Waals surface area (Å²) in [5.41, 5.74) is 3.66. The van der Waals surface area contributed by atoms with Gasteiger partial charge >= 0.3 is 0 Å². The standard InChI is InChI=1S/C21H23N3O/c1-2-7-17(8-3-1)21-19(11-14-25-21)16-22-15-18-9-4-5-10-20(18)24-13-6-12-23-24/h1-10,12-13,19,21-22H,11,14-16H2. The second-order valence-electron chi connectivity index (χ2n) is 6.46. The Hall–Kier alpha value is -2.43. The molecular formula is C21H23N3O. The SMILES string of the molecule is c1ccc(C2OCCC2CNCc2ccccc2-n2cccn2)cc1. The lowest BCUT2D eigenvalue weighted by atomic mass is 9.95. The van der Waals surface area contributed by atoms with E-state index in [4.69, 9.17) is 4.74 Å². The highest BCUT2D eigenvalue weighted by atomic mass is 16.5. The van der Waals surface area contributed by atoms with Gasteiger partial charge in [0.1, 0.15) is 0 Å². The van der Waals surface area contributed by atoms with Crippen molar-refractivity contribution in [2.24, 2.45) is 5.92 Å². The number of aromatic nitrogens is 2. The first kappa shape index (κ1) is 16.1. The highest BCUT2D eigenvalue weighted by Crippen LogP contribution is 2.33. The molecule has 0 radical (unpaired) electrons. The van der Waals surface area contributed by atoms with E-state index in [2.05, 4.69) is 65.0 Å². The molecule has 128 valence electrons. The Bertz CT molecular complexity index is 786. The van der Waals surface area contributed by atoms with Gasteiger partial charge in [-0.15, -0.1) is 0 Å². The van der Waals surface area contributed by atoms with E-state index in [9.17, 15) is 0 Å². The Kier molecular flexibility index (Phi) is 4.91. The van der Waals surface area contributed by atoms with E-state index in [1.54, 1.807) is 0 Å². The van der Waals surface area contributed by atoms with Gasteiger partial charge in [-0.2, -0.15) is 5.10 Å². The monoisotopic (exact) mass is 333 g/mol. The van der Waals surface area contributed by atoms with E-state index in [0.717, 1.165) is 31.8 Å². The molecule has 1 saturated heterocycles. The molecule has 1 aliphatic heterocycles. The number of nitrogens with one attached hydrogen (secondary N) is 1. The average Bonchev–Trinajstić information content (AvgIpc) is 3.35. The normalized spacial score (nSPS) is 20.0. The minimum Gasteiger partial charge on any atom is -0.373 e. The van der Waals surface area contributed by atoms with Crippen LogP contribution in [0.5, 0.6) is 0 Å². The van der Waals surface area contributed by atoms with E-state index >= 15 is 0 Å². The van der Waals surface area contributed by atoms with Crippen LogP contribution in [0.2, 0.25) is 0 Å². The maximum Gasteiger partial charge on any atom is 0.0866 e. The topological polar surface area (TPSA) is 39.1 Å². The first-order valence-corrected chi connectivity index (χ1v) is 8.87. The molecule has 0 saturated carbocycles. The third-order valence-corrected chi connectivity index (χ3v) is 4.81. The van der Waals surface area contributed by atoms with Crippen molar-refractivity contribution in [1.29, 1.82) is 0 Å². The zero-order chi connectivity index (χ0) is 16.9. The van der Waals surface area contributed by atoms with Gasteiger partial charge in [0, 0.05) is 38.0 Å². The van der Waals surface area contributed by atoms with Gasteiger partial charge in [0.05, 0.1) is 11.8 Å². The zero-order valence-electron chi connectivity index (χ0n) is 14.2. The van der Waals surface area contributed by atoms with Crippen LogP contribution in [-0.4, -0.2) is 22.9 Å². The maximum atomic E-state index is 5.98. The van der Waals surface area contributed by atoms with Gasteiger partial charge in [-0.25, -0.2) is 4.68 Å².